The van der Waals surface area contributed by atoms with Crippen LogP contribution in [0.4, 0.5) is 5.69 Å². The first-order valence-electron chi connectivity index (χ1n) is 15.2. The molecule has 2 N–H and O–H groups in total. The van der Waals surface area contributed by atoms with E-state index in [1.807, 2.05) is 48.5 Å². The molecule has 1 saturated heterocycles. The molecule has 1 aromatic heterocycles. The molecule has 0 bridgehead atoms. The standard InChI is InChI=1S/C36H39N3O6/c1-23-33(21-39-16-14-27-17-31(42-2)32(43-3)18-29(27)20-39)44-36(45-34(23)25-8-6-24(22-40)7-9-25)26-10-12-30(13-11-26)38-35(41)28-5-4-15-37-19-28/h4-13,15,17-19,23,33-34,36,40H,14,16,20-22H2,1-3H3,(H,38,41)/t23-,33+,34+,36+/m0/s1. The van der Waals surface area contributed by atoms with Crippen molar-refractivity contribution in [2.24, 2.45) is 5.92 Å². The minimum atomic E-state index is -0.599. The summed E-state index contributed by atoms with van der Waals surface area (Å²) in [4.78, 5) is 19.1. The summed E-state index contributed by atoms with van der Waals surface area (Å²) in [5.74, 6) is 1.33. The van der Waals surface area contributed by atoms with Gasteiger partial charge in [0.25, 0.3) is 5.91 Å². The van der Waals surface area contributed by atoms with Gasteiger partial charge >= 0.3 is 0 Å². The minimum absolute atomic E-state index is 0.00746. The second-order valence-electron chi connectivity index (χ2n) is 11.6. The quantitative estimate of drug-likeness (QED) is 0.250. The SMILES string of the molecule is COc1cc2c(cc1OC)CN(C[C@H]1O[C@@H](c3ccc(NC(=O)c4cccnc4)cc3)O[C@@H](c3ccc(CO)cc3)[C@H]1C)CC2. The van der Waals surface area contributed by atoms with Gasteiger partial charge in [0, 0.05) is 49.2 Å². The first-order valence-corrected chi connectivity index (χ1v) is 15.2. The molecule has 9 heteroatoms. The molecule has 234 valence electrons. The molecule has 1 amide bonds. The van der Waals surface area contributed by atoms with E-state index in [0.717, 1.165) is 54.2 Å². The number of hydrogen-bond acceptors (Lipinski definition) is 8. The average molecular weight is 610 g/mol. The van der Waals surface area contributed by atoms with Gasteiger partial charge in [0.15, 0.2) is 17.8 Å². The number of aliphatic hydroxyl groups excluding tert-OH is 1. The second kappa shape index (κ2) is 13.8. The number of nitrogens with one attached hydrogen (secondary N) is 1. The molecule has 3 aromatic carbocycles. The van der Waals surface area contributed by atoms with Crippen molar-refractivity contribution in [1.29, 1.82) is 0 Å². The summed E-state index contributed by atoms with van der Waals surface area (Å²) < 4.78 is 24.4. The highest BCUT2D eigenvalue weighted by molar-refractivity contribution is 6.04. The zero-order chi connectivity index (χ0) is 31.3. The number of benzene rings is 3. The van der Waals surface area contributed by atoms with Gasteiger partial charge in [0.1, 0.15) is 0 Å². The number of pyridine rings is 1. The van der Waals surface area contributed by atoms with E-state index in [0.29, 0.717) is 11.3 Å². The number of ether oxygens (including phenoxy) is 4. The maximum atomic E-state index is 12.6. The molecule has 2 aliphatic heterocycles. The molecule has 1 fully saturated rings. The Kier molecular flexibility index (Phi) is 9.42. The third-order valence-electron chi connectivity index (χ3n) is 8.72. The second-order valence-corrected chi connectivity index (χ2v) is 11.6. The van der Waals surface area contributed by atoms with Crippen LogP contribution in [-0.2, 0) is 29.0 Å². The maximum absolute atomic E-state index is 12.6. The number of aromatic nitrogens is 1. The summed E-state index contributed by atoms with van der Waals surface area (Å²) in [5.41, 5.74) is 6.43. The Morgan fingerprint density at radius 1 is 0.978 bits per heavy atom. The molecule has 0 radical (unpaired) electrons. The molecule has 2 aliphatic rings. The predicted molar refractivity (Wildman–Crippen MR) is 170 cm³/mol. The van der Waals surface area contributed by atoms with Crippen molar-refractivity contribution in [1.82, 2.24) is 9.88 Å². The van der Waals surface area contributed by atoms with Crippen molar-refractivity contribution < 1.29 is 28.8 Å². The van der Waals surface area contributed by atoms with E-state index in [1.165, 1.54) is 17.3 Å². The summed E-state index contributed by atoms with van der Waals surface area (Å²) in [7, 11) is 3.33. The Morgan fingerprint density at radius 3 is 2.36 bits per heavy atom. The third kappa shape index (κ3) is 6.87. The number of aliphatic hydroxyl groups is 1. The fourth-order valence-electron chi connectivity index (χ4n) is 6.10. The van der Waals surface area contributed by atoms with E-state index in [-0.39, 0.29) is 30.6 Å². The highest BCUT2D eigenvalue weighted by Gasteiger charge is 2.39. The number of hydrogen-bond donors (Lipinski definition) is 2. The first-order chi connectivity index (χ1) is 21.9. The van der Waals surface area contributed by atoms with Crippen molar-refractivity contribution in [2.45, 2.75) is 45.0 Å². The number of carbonyl (C=O) groups excluding carboxylic acids is 1. The van der Waals surface area contributed by atoms with Crippen LogP contribution in [0.25, 0.3) is 0 Å². The molecular formula is C36H39N3O6. The average Bonchev–Trinajstić information content (AvgIpc) is 3.09. The van der Waals surface area contributed by atoms with Gasteiger partial charge in [0.2, 0.25) is 0 Å². The summed E-state index contributed by atoms with van der Waals surface area (Å²) in [6.07, 6.45) is 3.16. The van der Waals surface area contributed by atoms with Crippen molar-refractivity contribution in [2.75, 3.05) is 32.6 Å². The molecule has 4 atom stereocenters. The van der Waals surface area contributed by atoms with Crippen LogP contribution in [0.1, 0.15) is 57.5 Å². The fourth-order valence-corrected chi connectivity index (χ4v) is 6.10. The van der Waals surface area contributed by atoms with Crippen LogP contribution in [-0.4, -0.2) is 54.3 Å². The zero-order valence-electron chi connectivity index (χ0n) is 25.8. The third-order valence-corrected chi connectivity index (χ3v) is 8.72. The van der Waals surface area contributed by atoms with E-state index >= 15 is 0 Å². The highest BCUT2D eigenvalue weighted by Crippen LogP contribution is 2.42. The van der Waals surface area contributed by atoms with Gasteiger partial charge in [-0.2, -0.15) is 0 Å². The van der Waals surface area contributed by atoms with Gasteiger partial charge in [-0.05, 0) is 65.1 Å². The fraction of sp³-hybridized carbons (Fsp3) is 0.333. The largest absolute Gasteiger partial charge is 0.493 e. The number of rotatable bonds is 9. The number of carbonyl (C=O) groups is 1. The maximum Gasteiger partial charge on any atom is 0.257 e. The van der Waals surface area contributed by atoms with E-state index in [4.69, 9.17) is 18.9 Å². The highest BCUT2D eigenvalue weighted by atomic mass is 16.7. The number of anilines is 1. The molecule has 0 unspecified atom stereocenters. The van der Waals surface area contributed by atoms with Gasteiger partial charge in [-0.25, -0.2) is 0 Å². The van der Waals surface area contributed by atoms with Gasteiger partial charge in [-0.15, -0.1) is 0 Å². The molecule has 0 aliphatic carbocycles. The van der Waals surface area contributed by atoms with Crippen molar-refractivity contribution in [3.8, 4) is 11.5 Å². The number of amides is 1. The normalized spacial score (nSPS) is 21.5. The van der Waals surface area contributed by atoms with E-state index in [1.54, 1.807) is 32.5 Å². The molecular weight excluding hydrogens is 570 g/mol. The Hall–Kier alpha value is -4.28. The predicted octanol–water partition coefficient (Wildman–Crippen LogP) is 5.69. The molecule has 4 aromatic rings. The Bertz CT molecular complexity index is 1600. The lowest BCUT2D eigenvalue weighted by Crippen LogP contribution is -2.45. The Labute approximate surface area is 263 Å². The monoisotopic (exact) mass is 609 g/mol. The summed E-state index contributed by atoms with van der Waals surface area (Å²) in [5, 5.41) is 12.5. The number of methoxy groups -OCH3 is 2. The topological polar surface area (TPSA) is 102 Å². The van der Waals surface area contributed by atoms with Gasteiger partial charge in [-0.1, -0.05) is 43.3 Å². The van der Waals surface area contributed by atoms with E-state index in [2.05, 4.69) is 34.3 Å². The van der Waals surface area contributed by atoms with Gasteiger partial charge < -0.3 is 29.4 Å². The summed E-state index contributed by atoms with van der Waals surface area (Å²) in [6, 6.07) is 23.1. The van der Waals surface area contributed by atoms with Crippen LogP contribution in [0.5, 0.6) is 11.5 Å². The van der Waals surface area contributed by atoms with Crippen LogP contribution < -0.4 is 14.8 Å². The van der Waals surface area contributed by atoms with Gasteiger partial charge in [0.05, 0.1) is 38.6 Å². The summed E-state index contributed by atoms with van der Waals surface area (Å²) in [6.45, 7) is 4.59. The molecule has 0 spiro atoms. The van der Waals surface area contributed by atoms with Gasteiger partial charge in [-0.3, -0.25) is 14.7 Å². The first kappa shape index (κ1) is 30.7. The lowest BCUT2D eigenvalue weighted by molar-refractivity contribution is -0.276. The molecule has 0 saturated carbocycles. The zero-order valence-corrected chi connectivity index (χ0v) is 25.8. The molecule has 6 rings (SSSR count). The van der Waals surface area contributed by atoms with Crippen LogP contribution in [0.3, 0.4) is 0 Å². The number of nitrogens with zero attached hydrogens (tertiary/aromatic N) is 2. The lowest BCUT2D eigenvalue weighted by Gasteiger charge is -2.43. The van der Waals surface area contributed by atoms with E-state index in [9.17, 15) is 9.90 Å². The van der Waals surface area contributed by atoms with Crippen molar-refractivity contribution >= 4 is 11.6 Å². The van der Waals surface area contributed by atoms with Crippen molar-refractivity contribution in [3.63, 3.8) is 0 Å². The van der Waals surface area contributed by atoms with Crippen LogP contribution in [0.2, 0.25) is 0 Å². The molecule has 9 nitrogen and oxygen atoms in total. The lowest BCUT2D eigenvalue weighted by atomic mass is 9.89. The Balaban J connectivity index is 1.21. The Morgan fingerprint density at radius 2 is 1.69 bits per heavy atom. The van der Waals surface area contributed by atoms with Crippen LogP contribution >= 0.6 is 0 Å². The summed E-state index contributed by atoms with van der Waals surface area (Å²) >= 11 is 0. The molecule has 45 heavy (non-hydrogen) atoms. The minimum Gasteiger partial charge on any atom is -0.493 e. The molecule has 3 heterocycles. The van der Waals surface area contributed by atoms with E-state index < -0.39 is 6.29 Å². The smallest absolute Gasteiger partial charge is 0.257 e. The van der Waals surface area contributed by atoms with Crippen LogP contribution in [0.15, 0.2) is 85.2 Å². The van der Waals surface area contributed by atoms with Crippen molar-refractivity contribution in [3.05, 3.63) is 119 Å². The number of fused-ring (bicyclic) bond motifs is 1. The van der Waals surface area contributed by atoms with Crippen LogP contribution in [0, 0.1) is 5.92 Å².